The number of primary amides is 1. The van der Waals surface area contributed by atoms with E-state index in [-0.39, 0.29) is 12.2 Å². The highest BCUT2D eigenvalue weighted by molar-refractivity contribution is 5.93. The topological polar surface area (TPSA) is 117 Å². The number of hydrazine groups is 1. The summed E-state index contributed by atoms with van der Waals surface area (Å²) < 4.78 is 10.1. The Kier molecular flexibility index (Phi) is 4.29. The minimum atomic E-state index is -0.614. The summed E-state index contributed by atoms with van der Waals surface area (Å²) in [5.41, 5.74) is 7.28. The maximum absolute atomic E-state index is 11.0. The van der Waals surface area contributed by atoms with Gasteiger partial charge in [-0.05, 0) is 12.1 Å². The number of amides is 2. The molecule has 2 amide bonds. The van der Waals surface area contributed by atoms with Crippen LogP contribution in [0.2, 0.25) is 0 Å². The van der Waals surface area contributed by atoms with Gasteiger partial charge < -0.3 is 15.2 Å². The Bertz CT molecular complexity index is 434. The van der Waals surface area contributed by atoms with E-state index in [1.165, 1.54) is 25.3 Å². The van der Waals surface area contributed by atoms with Gasteiger partial charge in [-0.3, -0.25) is 15.0 Å². The molecule has 7 nitrogen and oxygen atoms in total. The average molecular weight is 239 g/mol. The van der Waals surface area contributed by atoms with Gasteiger partial charge in [-0.25, -0.2) is 5.84 Å². The fourth-order valence-electron chi connectivity index (χ4n) is 1.11. The zero-order valence-electron chi connectivity index (χ0n) is 9.23. The summed E-state index contributed by atoms with van der Waals surface area (Å²) in [5, 5.41) is 0. The van der Waals surface area contributed by atoms with Crippen molar-refractivity contribution >= 4 is 11.8 Å². The SMILES string of the molecule is COc1cc(OCC(=O)NN)cc(C(N)=O)c1. The first kappa shape index (κ1) is 12.8. The smallest absolute Gasteiger partial charge is 0.271 e. The van der Waals surface area contributed by atoms with Crippen LogP contribution in [0.1, 0.15) is 10.4 Å². The highest BCUT2D eigenvalue weighted by atomic mass is 16.5. The number of benzene rings is 1. The maximum Gasteiger partial charge on any atom is 0.271 e. The Morgan fingerprint density at radius 2 is 1.94 bits per heavy atom. The van der Waals surface area contributed by atoms with Crippen molar-refractivity contribution in [1.82, 2.24) is 5.43 Å². The molecule has 1 aromatic rings. The fraction of sp³-hybridized carbons (Fsp3) is 0.200. The first-order chi connectivity index (χ1) is 8.06. The molecule has 7 heteroatoms. The zero-order valence-corrected chi connectivity index (χ0v) is 9.23. The van der Waals surface area contributed by atoms with Gasteiger partial charge in [-0.2, -0.15) is 0 Å². The maximum atomic E-state index is 11.0. The highest BCUT2D eigenvalue weighted by Gasteiger charge is 2.08. The lowest BCUT2D eigenvalue weighted by atomic mass is 10.2. The second-order valence-corrected chi connectivity index (χ2v) is 3.12. The summed E-state index contributed by atoms with van der Waals surface area (Å²) in [5.74, 6) is 4.49. The van der Waals surface area contributed by atoms with E-state index in [9.17, 15) is 9.59 Å². The molecule has 0 atom stereocenters. The molecule has 0 heterocycles. The minimum Gasteiger partial charge on any atom is -0.497 e. The molecule has 17 heavy (non-hydrogen) atoms. The molecule has 0 fully saturated rings. The Hall–Kier alpha value is -2.28. The third-order valence-electron chi connectivity index (χ3n) is 1.93. The van der Waals surface area contributed by atoms with Gasteiger partial charge in [0.05, 0.1) is 7.11 Å². The largest absolute Gasteiger partial charge is 0.497 e. The molecule has 0 saturated heterocycles. The first-order valence-corrected chi connectivity index (χ1v) is 4.68. The summed E-state index contributed by atoms with van der Waals surface area (Å²) in [4.78, 5) is 21.9. The standard InChI is InChI=1S/C10H13N3O4/c1-16-7-2-6(10(11)15)3-8(4-7)17-5-9(14)13-12/h2-4H,5,12H2,1H3,(H2,11,15)(H,13,14). The van der Waals surface area contributed by atoms with Crippen LogP contribution < -0.4 is 26.5 Å². The second kappa shape index (κ2) is 5.71. The lowest BCUT2D eigenvalue weighted by molar-refractivity contribution is -0.123. The van der Waals surface area contributed by atoms with Gasteiger partial charge in [0.1, 0.15) is 11.5 Å². The predicted molar refractivity (Wildman–Crippen MR) is 59.3 cm³/mol. The van der Waals surface area contributed by atoms with Crippen molar-refractivity contribution in [3.63, 3.8) is 0 Å². The van der Waals surface area contributed by atoms with Crippen LogP contribution in [0.5, 0.6) is 11.5 Å². The van der Waals surface area contributed by atoms with Gasteiger partial charge in [0.2, 0.25) is 5.91 Å². The number of rotatable bonds is 5. The van der Waals surface area contributed by atoms with Crippen molar-refractivity contribution in [2.75, 3.05) is 13.7 Å². The van der Waals surface area contributed by atoms with Crippen LogP contribution in [0.4, 0.5) is 0 Å². The van der Waals surface area contributed by atoms with E-state index in [2.05, 4.69) is 0 Å². The van der Waals surface area contributed by atoms with E-state index < -0.39 is 11.8 Å². The van der Waals surface area contributed by atoms with Crippen molar-refractivity contribution in [2.24, 2.45) is 11.6 Å². The van der Waals surface area contributed by atoms with Crippen LogP contribution in [0.25, 0.3) is 0 Å². The minimum absolute atomic E-state index is 0.229. The van der Waals surface area contributed by atoms with Crippen LogP contribution in [0, 0.1) is 0 Å². The molecule has 0 aliphatic carbocycles. The number of nitrogens with one attached hydrogen (secondary N) is 1. The molecular weight excluding hydrogens is 226 g/mol. The average Bonchev–Trinajstić information content (AvgIpc) is 2.35. The lowest BCUT2D eigenvalue weighted by Gasteiger charge is -2.08. The Morgan fingerprint density at radius 3 is 2.47 bits per heavy atom. The molecule has 0 saturated carbocycles. The molecule has 0 aliphatic heterocycles. The Labute approximate surface area is 97.6 Å². The number of carbonyl (C=O) groups is 2. The van der Waals surface area contributed by atoms with Gasteiger partial charge >= 0.3 is 0 Å². The third-order valence-corrected chi connectivity index (χ3v) is 1.93. The van der Waals surface area contributed by atoms with Crippen LogP contribution >= 0.6 is 0 Å². The van der Waals surface area contributed by atoms with Crippen molar-refractivity contribution in [3.8, 4) is 11.5 Å². The Morgan fingerprint density at radius 1 is 1.29 bits per heavy atom. The zero-order chi connectivity index (χ0) is 12.8. The van der Waals surface area contributed by atoms with Gasteiger partial charge in [-0.15, -0.1) is 0 Å². The highest BCUT2D eigenvalue weighted by Crippen LogP contribution is 2.22. The number of ether oxygens (including phenoxy) is 2. The molecule has 0 bridgehead atoms. The summed E-state index contributed by atoms with van der Waals surface area (Å²) >= 11 is 0. The Balaban J connectivity index is 2.87. The molecule has 92 valence electrons. The van der Waals surface area contributed by atoms with Gasteiger partial charge in [0, 0.05) is 11.6 Å². The van der Waals surface area contributed by atoms with E-state index in [0.717, 1.165) is 0 Å². The summed E-state index contributed by atoms with van der Waals surface area (Å²) in [6, 6.07) is 4.41. The second-order valence-electron chi connectivity index (χ2n) is 3.12. The molecule has 0 aliphatic rings. The predicted octanol–water partition coefficient (Wildman–Crippen LogP) is -0.837. The molecule has 1 rings (SSSR count). The first-order valence-electron chi connectivity index (χ1n) is 4.68. The number of carbonyl (C=O) groups excluding carboxylic acids is 2. The lowest BCUT2D eigenvalue weighted by Crippen LogP contribution is -2.34. The van der Waals surface area contributed by atoms with E-state index >= 15 is 0 Å². The molecule has 0 spiro atoms. The van der Waals surface area contributed by atoms with Crippen molar-refractivity contribution < 1.29 is 19.1 Å². The molecule has 1 aromatic carbocycles. The molecule has 0 radical (unpaired) electrons. The number of hydrogen-bond donors (Lipinski definition) is 3. The van der Waals surface area contributed by atoms with Crippen LogP contribution in [-0.2, 0) is 4.79 Å². The number of hydrogen-bond acceptors (Lipinski definition) is 5. The van der Waals surface area contributed by atoms with Crippen molar-refractivity contribution in [2.45, 2.75) is 0 Å². The quantitative estimate of drug-likeness (QED) is 0.352. The summed E-state index contributed by atoms with van der Waals surface area (Å²) in [7, 11) is 1.44. The molecular formula is C10H13N3O4. The summed E-state index contributed by atoms with van der Waals surface area (Å²) in [6.45, 7) is -0.262. The van der Waals surface area contributed by atoms with Gasteiger partial charge in [0.25, 0.3) is 5.91 Å². The van der Waals surface area contributed by atoms with E-state index in [1.54, 1.807) is 0 Å². The van der Waals surface area contributed by atoms with Crippen LogP contribution in [0.15, 0.2) is 18.2 Å². The normalized spacial score (nSPS) is 9.53. The molecule has 5 N–H and O–H groups in total. The van der Waals surface area contributed by atoms with Crippen molar-refractivity contribution in [1.29, 1.82) is 0 Å². The van der Waals surface area contributed by atoms with Gasteiger partial charge in [-0.1, -0.05) is 0 Å². The van der Waals surface area contributed by atoms with E-state index in [4.69, 9.17) is 21.1 Å². The summed E-state index contributed by atoms with van der Waals surface area (Å²) in [6.07, 6.45) is 0. The van der Waals surface area contributed by atoms with Crippen LogP contribution in [-0.4, -0.2) is 25.5 Å². The van der Waals surface area contributed by atoms with E-state index in [1.807, 2.05) is 5.43 Å². The molecule has 0 aromatic heterocycles. The third kappa shape index (κ3) is 3.65. The van der Waals surface area contributed by atoms with E-state index in [0.29, 0.717) is 11.5 Å². The molecule has 0 unspecified atom stereocenters. The number of nitrogens with two attached hydrogens (primary N) is 2. The monoisotopic (exact) mass is 239 g/mol. The van der Waals surface area contributed by atoms with Gasteiger partial charge in [0.15, 0.2) is 6.61 Å². The van der Waals surface area contributed by atoms with Crippen LogP contribution in [0.3, 0.4) is 0 Å². The van der Waals surface area contributed by atoms with Crippen molar-refractivity contribution in [3.05, 3.63) is 23.8 Å². The number of methoxy groups -OCH3 is 1. The fourth-order valence-corrected chi connectivity index (χ4v) is 1.11.